The van der Waals surface area contributed by atoms with Crippen molar-refractivity contribution in [3.05, 3.63) is 34.9 Å². The van der Waals surface area contributed by atoms with Gasteiger partial charge in [0.15, 0.2) is 0 Å². The highest BCUT2D eigenvalue weighted by atomic mass is 19.4. The monoisotopic (exact) mass is 274 g/mol. The minimum atomic E-state index is -4.57. The molecule has 1 aliphatic rings. The molecule has 1 saturated carbocycles. The highest BCUT2D eigenvalue weighted by Crippen LogP contribution is 2.42. The number of halogens is 3. The minimum Gasteiger partial charge on any atom is -0.465 e. The summed E-state index contributed by atoms with van der Waals surface area (Å²) in [5.41, 5.74) is -1.05. The van der Waals surface area contributed by atoms with E-state index < -0.39 is 23.8 Å². The van der Waals surface area contributed by atoms with Crippen LogP contribution in [0.3, 0.4) is 0 Å². The van der Waals surface area contributed by atoms with Gasteiger partial charge in [-0.25, -0.2) is 4.79 Å². The van der Waals surface area contributed by atoms with Crippen LogP contribution < -0.4 is 0 Å². The SMILES string of the molecule is COC(=O)c1cc(C(O)C2CC2)cc(C(F)(F)F)c1. The zero-order valence-electron chi connectivity index (χ0n) is 10.2. The van der Waals surface area contributed by atoms with Gasteiger partial charge < -0.3 is 9.84 Å². The molecular formula is C13H13F3O3. The molecule has 0 saturated heterocycles. The Morgan fingerprint density at radius 2 is 2.00 bits per heavy atom. The van der Waals surface area contributed by atoms with E-state index in [0.29, 0.717) is 0 Å². The van der Waals surface area contributed by atoms with E-state index in [1.165, 1.54) is 6.07 Å². The van der Waals surface area contributed by atoms with Gasteiger partial charge in [-0.15, -0.1) is 0 Å². The second-order valence-corrected chi connectivity index (χ2v) is 4.62. The van der Waals surface area contributed by atoms with Crippen molar-refractivity contribution in [2.75, 3.05) is 7.11 Å². The molecule has 0 aromatic heterocycles. The van der Waals surface area contributed by atoms with Crippen molar-refractivity contribution < 1.29 is 27.8 Å². The standard InChI is InChI=1S/C13H13F3O3/c1-19-12(18)9-4-8(11(17)7-2-3-7)5-10(6-9)13(14,15)16/h4-7,11,17H,2-3H2,1H3. The number of hydrogen-bond donors (Lipinski definition) is 1. The minimum absolute atomic E-state index is 0.0195. The summed E-state index contributed by atoms with van der Waals surface area (Å²) in [6, 6.07) is 2.87. The van der Waals surface area contributed by atoms with E-state index in [0.717, 1.165) is 32.1 Å². The first-order chi connectivity index (χ1) is 8.82. The summed E-state index contributed by atoms with van der Waals surface area (Å²) >= 11 is 0. The van der Waals surface area contributed by atoms with Gasteiger partial charge >= 0.3 is 12.1 Å². The first-order valence-electron chi connectivity index (χ1n) is 5.81. The van der Waals surface area contributed by atoms with Crippen LogP contribution in [0.2, 0.25) is 0 Å². The quantitative estimate of drug-likeness (QED) is 0.862. The predicted octanol–water partition coefficient (Wildman–Crippen LogP) is 2.94. The van der Waals surface area contributed by atoms with Crippen molar-refractivity contribution in [1.29, 1.82) is 0 Å². The van der Waals surface area contributed by atoms with Crippen LogP contribution in [0.1, 0.15) is 40.4 Å². The summed E-state index contributed by atoms with van der Waals surface area (Å²) in [5, 5.41) is 9.91. The third-order valence-corrected chi connectivity index (χ3v) is 3.11. The Bertz CT molecular complexity index is 492. The van der Waals surface area contributed by atoms with Gasteiger partial charge in [0.2, 0.25) is 0 Å². The maximum atomic E-state index is 12.8. The van der Waals surface area contributed by atoms with Crippen LogP contribution in [0.4, 0.5) is 13.2 Å². The van der Waals surface area contributed by atoms with Gasteiger partial charge in [-0.2, -0.15) is 13.2 Å². The van der Waals surface area contributed by atoms with Crippen molar-refractivity contribution in [1.82, 2.24) is 0 Å². The molecule has 2 rings (SSSR count). The number of hydrogen-bond acceptors (Lipinski definition) is 3. The molecule has 6 heteroatoms. The molecule has 1 aromatic rings. The lowest BCUT2D eigenvalue weighted by Crippen LogP contribution is -2.12. The number of benzene rings is 1. The zero-order chi connectivity index (χ0) is 14.2. The Hall–Kier alpha value is -1.56. The van der Waals surface area contributed by atoms with Crippen LogP contribution in [0.15, 0.2) is 18.2 Å². The number of carbonyl (C=O) groups is 1. The molecule has 0 spiro atoms. The van der Waals surface area contributed by atoms with Gasteiger partial charge in [-0.1, -0.05) is 0 Å². The Morgan fingerprint density at radius 1 is 1.37 bits per heavy atom. The number of aliphatic hydroxyl groups excluding tert-OH is 1. The van der Waals surface area contributed by atoms with E-state index in [1.807, 2.05) is 0 Å². The average Bonchev–Trinajstić information content (AvgIpc) is 3.19. The van der Waals surface area contributed by atoms with Gasteiger partial charge in [-0.05, 0) is 42.5 Å². The molecule has 0 bridgehead atoms. The summed E-state index contributed by atoms with van der Waals surface area (Å²) in [5.74, 6) is -0.871. The van der Waals surface area contributed by atoms with Crippen molar-refractivity contribution >= 4 is 5.97 Å². The number of rotatable bonds is 3. The first-order valence-corrected chi connectivity index (χ1v) is 5.81. The molecule has 0 radical (unpaired) electrons. The molecular weight excluding hydrogens is 261 g/mol. The molecule has 1 fully saturated rings. The molecule has 0 aliphatic heterocycles. The second kappa shape index (κ2) is 4.85. The van der Waals surface area contributed by atoms with E-state index in [4.69, 9.17) is 0 Å². The van der Waals surface area contributed by atoms with E-state index >= 15 is 0 Å². The van der Waals surface area contributed by atoms with Gasteiger partial charge in [-0.3, -0.25) is 0 Å². The molecule has 1 atom stereocenters. The topological polar surface area (TPSA) is 46.5 Å². The molecule has 0 amide bonds. The van der Waals surface area contributed by atoms with Crippen molar-refractivity contribution in [2.24, 2.45) is 5.92 Å². The lowest BCUT2D eigenvalue weighted by Gasteiger charge is -2.15. The Labute approximate surface area is 108 Å². The fourth-order valence-corrected chi connectivity index (χ4v) is 1.91. The van der Waals surface area contributed by atoms with Crippen LogP contribution in [-0.2, 0) is 10.9 Å². The Balaban J connectivity index is 2.44. The van der Waals surface area contributed by atoms with Crippen LogP contribution in [-0.4, -0.2) is 18.2 Å². The fraction of sp³-hybridized carbons (Fsp3) is 0.462. The van der Waals surface area contributed by atoms with Crippen LogP contribution in [0, 0.1) is 5.92 Å². The third-order valence-electron chi connectivity index (χ3n) is 3.11. The maximum Gasteiger partial charge on any atom is 0.416 e. The normalized spacial score (nSPS) is 17.1. The number of carbonyl (C=O) groups excluding carboxylic acids is 1. The van der Waals surface area contributed by atoms with E-state index in [9.17, 15) is 23.1 Å². The molecule has 1 N–H and O–H groups in total. The molecule has 1 aliphatic carbocycles. The Kier molecular flexibility index (Phi) is 3.54. The first kappa shape index (κ1) is 13.9. The highest BCUT2D eigenvalue weighted by molar-refractivity contribution is 5.89. The number of methoxy groups -OCH3 is 1. The maximum absolute atomic E-state index is 12.8. The van der Waals surface area contributed by atoms with Crippen molar-refractivity contribution in [3.8, 4) is 0 Å². The molecule has 1 unspecified atom stereocenters. The van der Waals surface area contributed by atoms with Gasteiger partial charge in [0.1, 0.15) is 0 Å². The number of ether oxygens (including phenoxy) is 1. The van der Waals surface area contributed by atoms with Crippen LogP contribution in [0.5, 0.6) is 0 Å². The number of alkyl halides is 3. The van der Waals surface area contributed by atoms with Crippen LogP contribution >= 0.6 is 0 Å². The average molecular weight is 274 g/mol. The fourth-order valence-electron chi connectivity index (χ4n) is 1.91. The Morgan fingerprint density at radius 3 is 2.47 bits per heavy atom. The molecule has 19 heavy (non-hydrogen) atoms. The molecule has 0 heterocycles. The van der Waals surface area contributed by atoms with E-state index in [2.05, 4.69) is 4.74 Å². The van der Waals surface area contributed by atoms with Gasteiger partial charge in [0.25, 0.3) is 0 Å². The van der Waals surface area contributed by atoms with E-state index in [-0.39, 0.29) is 17.0 Å². The molecule has 1 aromatic carbocycles. The summed E-state index contributed by atoms with van der Waals surface area (Å²) in [7, 11) is 1.10. The van der Waals surface area contributed by atoms with Gasteiger partial charge in [0.05, 0.1) is 24.3 Å². The summed E-state index contributed by atoms with van der Waals surface area (Å²) in [6.07, 6.45) is -3.97. The number of aliphatic hydroxyl groups is 1. The highest BCUT2D eigenvalue weighted by Gasteiger charge is 2.35. The predicted molar refractivity (Wildman–Crippen MR) is 60.5 cm³/mol. The summed E-state index contributed by atoms with van der Waals surface area (Å²) in [6.45, 7) is 0. The van der Waals surface area contributed by atoms with Crippen LogP contribution in [0.25, 0.3) is 0 Å². The largest absolute Gasteiger partial charge is 0.465 e. The van der Waals surface area contributed by atoms with E-state index in [1.54, 1.807) is 0 Å². The second-order valence-electron chi connectivity index (χ2n) is 4.62. The third kappa shape index (κ3) is 3.07. The van der Waals surface area contributed by atoms with Crippen molar-refractivity contribution in [3.63, 3.8) is 0 Å². The summed E-state index contributed by atoms with van der Waals surface area (Å²) in [4.78, 5) is 11.4. The molecule has 3 nitrogen and oxygen atoms in total. The lowest BCUT2D eigenvalue weighted by atomic mass is 9.99. The lowest BCUT2D eigenvalue weighted by molar-refractivity contribution is -0.137. The smallest absolute Gasteiger partial charge is 0.416 e. The molecule has 104 valence electrons. The number of esters is 1. The summed E-state index contributed by atoms with van der Waals surface area (Å²) < 4.78 is 42.7. The van der Waals surface area contributed by atoms with Gasteiger partial charge in [0, 0.05) is 0 Å². The zero-order valence-corrected chi connectivity index (χ0v) is 10.2. The van der Waals surface area contributed by atoms with Crippen molar-refractivity contribution in [2.45, 2.75) is 25.1 Å².